The average molecular weight is 244 g/mol. The fourth-order valence-electron chi connectivity index (χ4n) is 1.36. The number of rotatable bonds is 4. The molecule has 0 aliphatic rings. The van der Waals surface area contributed by atoms with Crippen molar-refractivity contribution in [1.29, 1.82) is 0 Å². The molecule has 0 bridgehead atoms. The maximum absolute atomic E-state index is 13.1. The Hall–Kier alpha value is -0.930. The molecule has 0 fully saturated rings. The number of halogens is 2. The lowest BCUT2D eigenvalue weighted by molar-refractivity contribution is -0.120. The lowest BCUT2D eigenvalue weighted by Gasteiger charge is -2.14. The van der Waals surface area contributed by atoms with Gasteiger partial charge in [0.2, 0.25) is 0 Å². The summed E-state index contributed by atoms with van der Waals surface area (Å²) in [6, 6.07) is 3.90. The Morgan fingerprint density at radius 3 is 2.69 bits per heavy atom. The van der Waals surface area contributed by atoms with Gasteiger partial charge in [0.05, 0.1) is 11.1 Å². The van der Waals surface area contributed by atoms with Crippen LogP contribution >= 0.6 is 11.6 Å². The second-order valence-electron chi connectivity index (χ2n) is 4.13. The van der Waals surface area contributed by atoms with E-state index in [9.17, 15) is 9.18 Å². The normalized spacial score (nSPS) is 12.9. The zero-order valence-electron chi connectivity index (χ0n) is 9.34. The Morgan fingerprint density at radius 1 is 1.50 bits per heavy atom. The van der Waals surface area contributed by atoms with Crippen molar-refractivity contribution in [2.75, 3.05) is 0 Å². The molecule has 0 saturated carbocycles. The highest BCUT2D eigenvalue weighted by Crippen LogP contribution is 2.20. The first-order valence-electron chi connectivity index (χ1n) is 5.14. The lowest BCUT2D eigenvalue weighted by atomic mass is 9.96. The first kappa shape index (κ1) is 13.1. The van der Waals surface area contributed by atoms with Crippen LogP contribution in [0.1, 0.15) is 19.4 Å². The second kappa shape index (κ2) is 5.41. The van der Waals surface area contributed by atoms with Crippen molar-refractivity contribution in [3.63, 3.8) is 0 Å². The number of hydrogen-bond donors (Lipinski definition) is 1. The molecule has 1 unspecified atom stereocenters. The maximum atomic E-state index is 13.1. The monoisotopic (exact) mass is 243 g/mol. The highest BCUT2D eigenvalue weighted by atomic mass is 35.5. The van der Waals surface area contributed by atoms with Crippen LogP contribution in [0.15, 0.2) is 18.2 Å². The van der Waals surface area contributed by atoms with Gasteiger partial charge in [0.15, 0.2) is 5.78 Å². The average Bonchev–Trinajstić information content (AvgIpc) is 2.23. The van der Waals surface area contributed by atoms with Crippen LogP contribution in [0.5, 0.6) is 0 Å². The lowest BCUT2D eigenvalue weighted by Crippen LogP contribution is -2.36. The zero-order valence-corrected chi connectivity index (χ0v) is 10.1. The molecule has 0 heterocycles. The van der Waals surface area contributed by atoms with Crippen LogP contribution in [0.25, 0.3) is 0 Å². The van der Waals surface area contributed by atoms with Crippen LogP contribution in [-0.4, -0.2) is 11.8 Å². The summed E-state index contributed by atoms with van der Waals surface area (Å²) in [6.45, 7) is 3.74. The molecule has 0 saturated heterocycles. The Morgan fingerprint density at radius 2 is 2.12 bits per heavy atom. The van der Waals surface area contributed by atoms with Crippen molar-refractivity contribution in [1.82, 2.24) is 0 Å². The molecule has 0 aliphatic carbocycles. The van der Waals surface area contributed by atoms with E-state index in [1.54, 1.807) is 6.07 Å². The third kappa shape index (κ3) is 3.03. The molecule has 0 radical (unpaired) electrons. The molecule has 2 N–H and O–H groups in total. The van der Waals surface area contributed by atoms with Gasteiger partial charge in [-0.2, -0.15) is 0 Å². The minimum atomic E-state index is -0.528. The number of benzene rings is 1. The molecule has 0 aliphatic heterocycles. The summed E-state index contributed by atoms with van der Waals surface area (Å²) in [5, 5.41) is 0.00630. The molecule has 1 aromatic carbocycles. The van der Waals surface area contributed by atoms with Crippen molar-refractivity contribution in [3.05, 3.63) is 34.6 Å². The predicted molar refractivity (Wildman–Crippen MR) is 62.9 cm³/mol. The van der Waals surface area contributed by atoms with Crippen LogP contribution in [-0.2, 0) is 11.2 Å². The third-order valence-electron chi connectivity index (χ3n) is 2.49. The van der Waals surface area contributed by atoms with Gasteiger partial charge in [-0.05, 0) is 17.5 Å². The summed E-state index contributed by atoms with van der Waals surface area (Å²) in [4.78, 5) is 11.7. The number of ketones is 1. The van der Waals surface area contributed by atoms with Gasteiger partial charge in [-0.1, -0.05) is 37.6 Å². The number of carbonyl (C=O) groups is 1. The van der Waals surface area contributed by atoms with E-state index >= 15 is 0 Å². The molecule has 0 aromatic heterocycles. The van der Waals surface area contributed by atoms with E-state index < -0.39 is 11.9 Å². The largest absolute Gasteiger partial charge is 0.321 e. The molecule has 0 spiro atoms. The summed E-state index contributed by atoms with van der Waals surface area (Å²) in [6.07, 6.45) is 0.0793. The standard InChI is InChI=1S/C12H15ClFNO/c1-7(2)12(15)10(16)6-8-4-3-5-9(14)11(8)13/h3-5,7,12H,6,15H2,1-2H3. The molecule has 1 atom stereocenters. The van der Waals surface area contributed by atoms with Gasteiger partial charge in [0.25, 0.3) is 0 Å². The fraction of sp³-hybridized carbons (Fsp3) is 0.417. The summed E-state index contributed by atoms with van der Waals surface area (Å²) in [5.74, 6) is -0.563. The summed E-state index contributed by atoms with van der Waals surface area (Å²) >= 11 is 5.75. The van der Waals surface area contributed by atoms with E-state index in [4.69, 9.17) is 17.3 Å². The van der Waals surface area contributed by atoms with Gasteiger partial charge in [-0.15, -0.1) is 0 Å². The molecule has 4 heteroatoms. The topological polar surface area (TPSA) is 43.1 Å². The number of nitrogens with two attached hydrogens (primary N) is 1. The molecular weight excluding hydrogens is 229 g/mol. The molecule has 0 amide bonds. The second-order valence-corrected chi connectivity index (χ2v) is 4.50. The first-order chi connectivity index (χ1) is 7.43. The Balaban J connectivity index is 2.81. The molecule has 88 valence electrons. The van der Waals surface area contributed by atoms with Crippen molar-refractivity contribution in [3.8, 4) is 0 Å². The van der Waals surface area contributed by atoms with Gasteiger partial charge < -0.3 is 5.73 Å². The van der Waals surface area contributed by atoms with Gasteiger partial charge in [-0.3, -0.25) is 4.79 Å². The van der Waals surface area contributed by atoms with Gasteiger partial charge in [0, 0.05) is 6.42 Å². The first-order valence-corrected chi connectivity index (χ1v) is 5.52. The van der Waals surface area contributed by atoms with Crippen molar-refractivity contribution in [2.24, 2.45) is 11.7 Å². The SMILES string of the molecule is CC(C)C(N)C(=O)Cc1cccc(F)c1Cl. The highest BCUT2D eigenvalue weighted by molar-refractivity contribution is 6.31. The number of carbonyl (C=O) groups excluding carboxylic acids is 1. The fourth-order valence-corrected chi connectivity index (χ4v) is 1.56. The van der Waals surface area contributed by atoms with E-state index in [1.807, 2.05) is 13.8 Å². The Labute approximate surface area is 99.6 Å². The van der Waals surface area contributed by atoms with Gasteiger partial charge >= 0.3 is 0 Å². The van der Waals surface area contributed by atoms with Crippen LogP contribution in [0.3, 0.4) is 0 Å². The molecule has 2 nitrogen and oxygen atoms in total. The third-order valence-corrected chi connectivity index (χ3v) is 2.91. The van der Waals surface area contributed by atoms with Gasteiger partial charge in [-0.25, -0.2) is 4.39 Å². The van der Waals surface area contributed by atoms with E-state index in [-0.39, 0.29) is 23.1 Å². The number of Topliss-reactive ketones (excluding diaryl/α,β-unsaturated/α-hetero) is 1. The minimum Gasteiger partial charge on any atom is -0.321 e. The summed E-state index contributed by atoms with van der Waals surface area (Å²) in [5.41, 5.74) is 6.20. The predicted octanol–water partition coefficient (Wildman–Crippen LogP) is 2.57. The molecule has 1 rings (SSSR count). The van der Waals surface area contributed by atoms with Crippen molar-refractivity contribution >= 4 is 17.4 Å². The highest BCUT2D eigenvalue weighted by Gasteiger charge is 2.19. The van der Waals surface area contributed by atoms with Crippen molar-refractivity contribution in [2.45, 2.75) is 26.3 Å². The number of hydrogen-bond acceptors (Lipinski definition) is 2. The van der Waals surface area contributed by atoms with E-state index in [0.717, 1.165) is 0 Å². The summed E-state index contributed by atoms with van der Waals surface area (Å²) in [7, 11) is 0. The van der Waals surface area contributed by atoms with E-state index in [0.29, 0.717) is 5.56 Å². The Kier molecular flexibility index (Phi) is 4.44. The zero-order chi connectivity index (χ0) is 12.3. The molecule has 16 heavy (non-hydrogen) atoms. The van der Waals surface area contributed by atoms with Crippen LogP contribution in [0.4, 0.5) is 4.39 Å². The molecule has 1 aromatic rings. The van der Waals surface area contributed by atoms with E-state index in [2.05, 4.69) is 0 Å². The van der Waals surface area contributed by atoms with Crippen LogP contribution in [0.2, 0.25) is 5.02 Å². The Bertz CT molecular complexity index is 393. The quantitative estimate of drug-likeness (QED) is 0.883. The van der Waals surface area contributed by atoms with Crippen LogP contribution in [0, 0.1) is 11.7 Å². The van der Waals surface area contributed by atoms with Gasteiger partial charge in [0.1, 0.15) is 5.82 Å². The minimum absolute atomic E-state index is 0.00630. The smallest absolute Gasteiger partial charge is 0.154 e. The van der Waals surface area contributed by atoms with Crippen molar-refractivity contribution < 1.29 is 9.18 Å². The van der Waals surface area contributed by atoms with Crippen LogP contribution < -0.4 is 5.73 Å². The summed E-state index contributed by atoms with van der Waals surface area (Å²) < 4.78 is 13.1. The van der Waals surface area contributed by atoms with E-state index in [1.165, 1.54) is 12.1 Å². The molecular formula is C12H15ClFNO. The maximum Gasteiger partial charge on any atom is 0.154 e.